The van der Waals surface area contributed by atoms with Gasteiger partial charge in [0.25, 0.3) is 0 Å². The van der Waals surface area contributed by atoms with Crippen LogP contribution in [-0.2, 0) is 0 Å². The van der Waals surface area contributed by atoms with Crippen molar-refractivity contribution in [2.24, 2.45) is 34.5 Å². The Bertz CT molecular complexity index is 611. The fourth-order valence-corrected chi connectivity index (χ4v) is 7.82. The molecule has 4 aliphatic carbocycles. The molecule has 4 rings (SSSR count). The van der Waals surface area contributed by atoms with E-state index in [-0.39, 0.29) is 24.2 Å². The number of fused-ring (bicyclic) bond motifs is 5. The smallest absolute Gasteiger partial charge is 0.380 e. The molecule has 0 spiro atoms. The van der Waals surface area contributed by atoms with Gasteiger partial charge in [0.15, 0.2) is 5.60 Å². The van der Waals surface area contributed by atoms with E-state index in [0.29, 0.717) is 29.6 Å². The average Bonchev–Trinajstić information content (AvgIpc) is 2.91. The van der Waals surface area contributed by atoms with Gasteiger partial charge in [-0.25, -0.2) is 0 Å². The van der Waals surface area contributed by atoms with E-state index in [1.54, 1.807) is 5.57 Å². The number of allylic oxidation sites excluding steroid dienone is 2. The number of aliphatic hydroxyl groups is 1. The molecule has 0 bridgehead atoms. The molecule has 26 heavy (non-hydrogen) atoms. The van der Waals surface area contributed by atoms with Crippen LogP contribution >= 0.6 is 0 Å². The molecule has 0 aromatic rings. The molecular weight excluding hydrogens is 337 g/mol. The predicted octanol–water partition coefficient (Wildman–Crippen LogP) is 6.27. The Morgan fingerprint density at radius 2 is 1.73 bits per heavy atom. The summed E-state index contributed by atoms with van der Waals surface area (Å²) in [6.45, 7) is 6.85. The van der Waals surface area contributed by atoms with E-state index < -0.39 is 11.8 Å². The Kier molecular flexibility index (Phi) is 4.16. The van der Waals surface area contributed by atoms with Crippen molar-refractivity contribution >= 4 is 0 Å². The largest absolute Gasteiger partial charge is 0.417 e. The zero-order valence-electron chi connectivity index (χ0n) is 16.3. The number of hydrogen-bond donors (Lipinski definition) is 1. The molecule has 7 atom stereocenters. The van der Waals surface area contributed by atoms with Crippen LogP contribution in [0.15, 0.2) is 11.6 Å². The molecule has 4 aliphatic rings. The van der Waals surface area contributed by atoms with Gasteiger partial charge in [0.2, 0.25) is 0 Å². The van der Waals surface area contributed by atoms with Crippen LogP contribution in [0.4, 0.5) is 13.2 Å². The van der Waals surface area contributed by atoms with E-state index in [4.69, 9.17) is 0 Å². The zero-order chi connectivity index (χ0) is 19.0. The number of rotatable bonds is 0. The van der Waals surface area contributed by atoms with Gasteiger partial charge >= 0.3 is 6.18 Å². The minimum absolute atomic E-state index is 0.0103. The molecule has 0 radical (unpaired) electrons. The summed E-state index contributed by atoms with van der Waals surface area (Å²) in [4.78, 5) is 0. The first-order chi connectivity index (χ1) is 12.1. The molecule has 1 N–H and O–H groups in total. The lowest BCUT2D eigenvalue weighted by atomic mass is 9.44. The Morgan fingerprint density at radius 3 is 2.38 bits per heavy atom. The summed E-state index contributed by atoms with van der Waals surface area (Å²) in [6, 6.07) is 0. The van der Waals surface area contributed by atoms with E-state index >= 15 is 0 Å². The van der Waals surface area contributed by atoms with Gasteiger partial charge in [-0.05, 0) is 99.2 Å². The first kappa shape index (κ1) is 18.8. The zero-order valence-corrected chi connectivity index (χ0v) is 16.3. The standard InChI is InChI=1S/C22H33F3O/c1-4-14-6-8-17-16-7-5-15-13-21(26,22(23,24)25)12-11-20(15,3)18(16)9-10-19(14,17)2/h4,15-18,26H,5-13H2,1-3H3/t15-,16+,17+,18+,19-,20+,21-/m1/s1. The van der Waals surface area contributed by atoms with Crippen molar-refractivity contribution in [3.05, 3.63) is 11.6 Å². The van der Waals surface area contributed by atoms with Gasteiger partial charge in [-0.2, -0.15) is 13.2 Å². The molecule has 0 unspecified atom stereocenters. The summed E-state index contributed by atoms with van der Waals surface area (Å²) < 4.78 is 40.2. The van der Waals surface area contributed by atoms with Crippen LogP contribution in [0.2, 0.25) is 0 Å². The summed E-state index contributed by atoms with van der Waals surface area (Å²) in [5, 5.41) is 10.3. The molecule has 1 nitrogen and oxygen atoms in total. The van der Waals surface area contributed by atoms with Crippen LogP contribution < -0.4 is 0 Å². The van der Waals surface area contributed by atoms with Crippen LogP contribution in [0.3, 0.4) is 0 Å². The molecule has 4 fully saturated rings. The third-order valence-electron chi connectivity index (χ3n) is 9.45. The van der Waals surface area contributed by atoms with Crippen molar-refractivity contribution in [2.45, 2.75) is 90.3 Å². The minimum atomic E-state index is -4.50. The molecule has 0 aromatic carbocycles. The summed E-state index contributed by atoms with van der Waals surface area (Å²) in [5.74, 6) is 1.91. The summed E-state index contributed by atoms with van der Waals surface area (Å²) in [5.41, 5.74) is -0.553. The highest BCUT2D eigenvalue weighted by Crippen LogP contribution is 2.68. The monoisotopic (exact) mass is 370 g/mol. The Balaban J connectivity index is 1.60. The fraction of sp³-hybridized carbons (Fsp3) is 0.909. The molecule has 0 amide bonds. The van der Waals surface area contributed by atoms with Crippen molar-refractivity contribution in [3.63, 3.8) is 0 Å². The van der Waals surface area contributed by atoms with Gasteiger partial charge < -0.3 is 5.11 Å². The molecule has 4 saturated carbocycles. The molecule has 0 aliphatic heterocycles. The number of hydrogen-bond acceptors (Lipinski definition) is 1. The van der Waals surface area contributed by atoms with Crippen LogP contribution in [0.1, 0.15) is 78.6 Å². The molecule has 4 heteroatoms. The van der Waals surface area contributed by atoms with E-state index in [1.165, 1.54) is 19.3 Å². The van der Waals surface area contributed by atoms with Crippen LogP contribution in [-0.4, -0.2) is 16.9 Å². The summed E-state index contributed by atoms with van der Waals surface area (Å²) in [7, 11) is 0. The molecule has 148 valence electrons. The lowest BCUT2D eigenvalue weighted by Crippen LogP contribution is -2.58. The Hall–Kier alpha value is -0.510. The maximum atomic E-state index is 13.4. The van der Waals surface area contributed by atoms with Gasteiger partial charge in [-0.15, -0.1) is 0 Å². The van der Waals surface area contributed by atoms with Crippen LogP contribution in [0, 0.1) is 34.5 Å². The van der Waals surface area contributed by atoms with Crippen molar-refractivity contribution in [3.8, 4) is 0 Å². The first-order valence-electron chi connectivity index (χ1n) is 10.5. The molecule has 0 saturated heterocycles. The van der Waals surface area contributed by atoms with Gasteiger partial charge in [-0.1, -0.05) is 25.5 Å². The molecule has 0 aromatic heterocycles. The average molecular weight is 370 g/mol. The van der Waals surface area contributed by atoms with Crippen molar-refractivity contribution in [2.75, 3.05) is 0 Å². The maximum Gasteiger partial charge on any atom is 0.417 e. The maximum absolute atomic E-state index is 13.4. The summed E-state index contributed by atoms with van der Waals surface area (Å²) >= 11 is 0. The normalized spacial score (nSPS) is 53.1. The highest BCUT2D eigenvalue weighted by atomic mass is 19.4. The van der Waals surface area contributed by atoms with E-state index in [2.05, 4.69) is 26.8 Å². The summed E-state index contributed by atoms with van der Waals surface area (Å²) in [6.07, 6.45) is 4.84. The highest BCUT2D eigenvalue weighted by molar-refractivity contribution is 5.23. The molecule has 0 heterocycles. The quantitative estimate of drug-likeness (QED) is 0.498. The fourth-order valence-electron chi connectivity index (χ4n) is 7.82. The lowest BCUT2D eigenvalue weighted by Gasteiger charge is -2.61. The third kappa shape index (κ3) is 2.39. The van der Waals surface area contributed by atoms with E-state index in [0.717, 1.165) is 19.3 Å². The topological polar surface area (TPSA) is 20.2 Å². The van der Waals surface area contributed by atoms with Gasteiger partial charge in [0.05, 0.1) is 0 Å². The van der Waals surface area contributed by atoms with Crippen LogP contribution in [0.25, 0.3) is 0 Å². The lowest BCUT2D eigenvalue weighted by molar-refractivity contribution is -0.289. The molecular formula is C22H33F3O. The van der Waals surface area contributed by atoms with E-state index in [1.807, 2.05) is 0 Å². The number of alkyl halides is 3. The second kappa shape index (κ2) is 5.75. The first-order valence-corrected chi connectivity index (χ1v) is 10.5. The van der Waals surface area contributed by atoms with Gasteiger partial charge in [-0.3, -0.25) is 0 Å². The third-order valence-corrected chi connectivity index (χ3v) is 9.45. The minimum Gasteiger partial charge on any atom is -0.380 e. The van der Waals surface area contributed by atoms with Crippen LogP contribution in [0.5, 0.6) is 0 Å². The SMILES string of the molecule is CC=C1CC[C@H]2[C@@H]3CC[C@@H]4C[C@@](O)(C(F)(F)F)CC[C@]4(C)[C@H]3CC[C@]12C. The van der Waals surface area contributed by atoms with Crippen molar-refractivity contribution in [1.29, 1.82) is 0 Å². The van der Waals surface area contributed by atoms with Gasteiger partial charge in [0.1, 0.15) is 0 Å². The van der Waals surface area contributed by atoms with Crippen molar-refractivity contribution < 1.29 is 18.3 Å². The Labute approximate surface area is 155 Å². The second-order valence-corrected chi connectivity index (χ2v) is 10.2. The van der Waals surface area contributed by atoms with Crippen molar-refractivity contribution in [1.82, 2.24) is 0 Å². The van der Waals surface area contributed by atoms with E-state index in [9.17, 15) is 18.3 Å². The highest BCUT2D eigenvalue weighted by Gasteiger charge is 2.64. The van der Waals surface area contributed by atoms with Gasteiger partial charge in [0, 0.05) is 0 Å². The number of halogens is 3. The predicted molar refractivity (Wildman–Crippen MR) is 96.5 cm³/mol. The second-order valence-electron chi connectivity index (χ2n) is 10.2. The Morgan fingerprint density at radius 1 is 1.00 bits per heavy atom.